The lowest BCUT2D eigenvalue weighted by Gasteiger charge is -2.28. The highest BCUT2D eigenvalue weighted by Crippen LogP contribution is 2.38. The summed E-state index contributed by atoms with van der Waals surface area (Å²) < 4.78 is 27.2. The van der Waals surface area contributed by atoms with Crippen LogP contribution >= 0.6 is 0 Å². The molecular weight excluding hydrogens is 398 g/mol. The highest BCUT2D eigenvalue weighted by Gasteiger charge is 2.22. The molecule has 0 aromatic heterocycles. The molecule has 0 radical (unpaired) electrons. The molecule has 1 fully saturated rings. The summed E-state index contributed by atoms with van der Waals surface area (Å²) in [5, 5.41) is 0. The van der Waals surface area contributed by atoms with Crippen molar-refractivity contribution in [2.45, 2.75) is 64.2 Å². The van der Waals surface area contributed by atoms with E-state index in [2.05, 4.69) is 61.5 Å². The van der Waals surface area contributed by atoms with Crippen molar-refractivity contribution in [3.63, 3.8) is 0 Å². The maximum Gasteiger partial charge on any atom is 0.126 e. The minimum Gasteiger partial charge on any atom is -0.251 e. The zero-order valence-electron chi connectivity index (χ0n) is 19.1. The van der Waals surface area contributed by atoms with Crippen molar-refractivity contribution in [3.05, 3.63) is 94.8 Å². The molecule has 1 saturated carbocycles. The Bertz CT molecular complexity index is 980. The highest BCUT2D eigenvalue weighted by atomic mass is 19.1. The lowest BCUT2D eigenvalue weighted by atomic mass is 9.77. The van der Waals surface area contributed by atoms with Crippen molar-refractivity contribution in [1.29, 1.82) is 0 Å². The van der Waals surface area contributed by atoms with E-state index in [4.69, 9.17) is 0 Å². The number of alkyl halides is 1. The molecule has 0 nitrogen and oxygen atoms in total. The van der Waals surface area contributed by atoms with Crippen LogP contribution in [0.1, 0.15) is 66.7 Å². The van der Waals surface area contributed by atoms with Crippen LogP contribution in [0.15, 0.2) is 66.7 Å². The molecular formula is C30H34F2. The minimum absolute atomic E-state index is 0.0710. The average Bonchev–Trinajstić information content (AvgIpc) is 2.83. The molecule has 0 aliphatic heterocycles. The maximum atomic E-state index is 14.8. The van der Waals surface area contributed by atoms with E-state index in [-0.39, 0.29) is 12.5 Å². The van der Waals surface area contributed by atoms with Gasteiger partial charge in [0.1, 0.15) is 5.82 Å². The van der Waals surface area contributed by atoms with Crippen molar-refractivity contribution in [3.8, 4) is 11.1 Å². The molecule has 3 aromatic carbocycles. The summed E-state index contributed by atoms with van der Waals surface area (Å²) in [6, 6.07) is 23.1. The van der Waals surface area contributed by atoms with Gasteiger partial charge in [0, 0.05) is 0 Å². The van der Waals surface area contributed by atoms with Gasteiger partial charge >= 0.3 is 0 Å². The van der Waals surface area contributed by atoms with Gasteiger partial charge in [0.05, 0.1) is 6.67 Å². The Hall–Kier alpha value is -2.48. The molecule has 3 aromatic rings. The van der Waals surface area contributed by atoms with Gasteiger partial charge in [-0.3, -0.25) is 4.39 Å². The van der Waals surface area contributed by atoms with E-state index in [0.29, 0.717) is 24.7 Å². The second-order valence-corrected chi connectivity index (χ2v) is 9.46. The zero-order chi connectivity index (χ0) is 22.3. The van der Waals surface area contributed by atoms with Gasteiger partial charge in [-0.05, 0) is 104 Å². The Morgan fingerprint density at radius 3 is 2.06 bits per heavy atom. The van der Waals surface area contributed by atoms with E-state index in [9.17, 15) is 8.78 Å². The van der Waals surface area contributed by atoms with Crippen molar-refractivity contribution >= 4 is 0 Å². The smallest absolute Gasteiger partial charge is 0.126 e. The molecule has 1 aliphatic rings. The summed E-state index contributed by atoms with van der Waals surface area (Å²) in [6.07, 6.45) is 7.73. The lowest BCUT2D eigenvalue weighted by molar-refractivity contribution is 0.293. The van der Waals surface area contributed by atoms with Crippen LogP contribution in [0, 0.1) is 18.7 Å². The van der Waals surface area contributed by atoms with Crippen LogP contribution < -0.4 is 0 Å². The average molecular weight is 433 g/mol. The predicted molar refractivity (Wildman–Crippen MR) is 130 cm³/mol. The van der Waals surface area contributed by atoms with Crippen molar-refractivity contribution < 1.29 is 8.78 Å². The van der Waals surface area contributed by atoms with Gasteiger partial charge in [-0.15, -0.1) is 0 Å². The van der Waals surface area contributed by atoms with Gasteiger partial charge < -0.3 is 0 Å². The fourth-order valence-corrected chi connectivity index (χ4v) is 5.06. The first-order chi connectivity index (χ1) is 15.6. The summed E-state index contributed by atoms with van der Waals surface area (Å²) >= 11 is 0. The molecule has 1 aliphatic carbocycles. The molecule has 0 atom stereocenters. The molecule has 0 bridgehead atoms. The van der Waals surface area contributed by atoms with Crippen LogP contribution in [0.5, 0.6) is 0 Å². The Morgan fingerprint density at radius 1 is 0.781 bits per heavy atom. The fourth-order valence-electron chi connectivity index (χ4n) is 5.06. The van der Waals surface area contributed by atoms with Gasteiger partial charge in [-0.1, -0.05) is 66.2 Å². The first kappa shape index (κ1) is 22.7. The second-order valence-electron chi connectivity index (χ2n) is 9.46. The Labute approximate surface area is 191 Å². The number of benzene rings is 3. The summed E-state index contributed by atoms with van der Waals surface area (Å²) in [4.78, 5) is 0. The summed E-state index contributed by atoms with van der Waals surface area (Å²) in [7, 11) is 0. The molecule has 0 spiro atoms. The first-order valence-electron chi connectivity index (χ1n) is 12.1. The van der Waals surface area contributed by atoms with E-state index in [1.807, 2.05) is 6.07 Å². The highest BCUT2D eigenvalue weighted by molar-refractivity contribution is 5.63. The Balaban J connectivity index is 1.32. The molecule has 0 unspecified atom stereocenters. The molecule has 0 saturated heterocycles. The third-order valence-corrected chi connectivity index (χ3v) is 7.16. The van der Waals surface area contributed by atoms with E-state index in [1.165, 1.54) is 22.3 Å². The number of aryl methyl sites for hydroxylation is 3. The van der Waals surface area contributed by atoms with Crippen LogP contribution in [0.3, 0.4) is 0 Å². The Morgan fingerprint density at radius 2 is 1.44 bits per heavy atom. The number of hydrogen-bond acceptors (Lipinski definition) is 0. The van der Waals surface area contributed by atoms with Crippen LogP contribution in [-0.4, -0.2) is 6.67 Å². The monoisotopic (exact) mass is 432 g/mol. The maximum absolute atomic E-state index is 14.8. The van der Waals surface area contributed by atoms with E-state index in [0.717, 1.165) is 49.7 Å². The van der Waals surface area contributed by atoms with Crippen molar-refractivity contribution in [2.75, 3.05) is 6.67 Å². The minimum atomic E-state index is -0.205. The summed E-state index contributed by atoms with van der Waals surface area (Å²) in [5.41, 5.74) is 6.87. The SMILES string of the molecule is Cc1ccc(-c2ccc(CCc3ccc([C@H]4CC[C@H](CCCF)CC4)cc3F)cc2)cc1. The third-order valence-electron chi connectivity index (χ3n) is 7.16. The fraction of sp³-hybridized carbons (Fsp3) is 0.400. The standard InChI is InChI=1S/C30H34F2/c1-22-4-11-25(12-5-22)26-13-8-24(9-14-26)10-17-28-18-19-29(21-30(28)32)27-15-6-23(7-16-27)3-2-20-31/h4-5,8-9,11-14,18-19,21,23,27H,2-3,6-7,10,15-17,20H2,1H3/t23-,27-. The van der Waals surface area contributed by atoms with Crippen molar-refractivity contribution in [1.82, 2.24) is 0 Å². The van der Waals surface area contributed by atoms with Gasteiger partial charge in [0.2, 0.25) is 0 Å². The van der Waals surface area contributed by atoms with Gasteiger partial charge in [0.15, 0.2) is 0 Å². The van der Waals surface area contributed by atoms with Crippen LogP contribution in [0.4, 0.5) is 8.78 Å². The lowest BCUT2D eigenvalue weighted by Crippen LogP contribution is -2.14. The number of hydrogen-bond donors (Lipinski definition) is 0. The molecule has 0 heterocycles. The number of halogens is 2. The normalized spacial score (nSPS) is 18.6. The van der Waals surface area contributed by atoms with E-state index in [1.54, 1.807) is 6.07 Å². The van der Waals surface area contributed by atoms with Gasteiger partial charge in [0.25, 0.3) is 0 Å². The second kappa shape index (κ2) is 10.9. The summed E-state index contributed by atoms with van der Waals surface area (Å²) in [6.45, 7) is 1.89. The molecule has 0 N–H and O–H groups in total. The molecule has 168 valence electrons. The van der Waals surface area contributed by atoms with Gasteiger partial charge in [-0.25, -0.2) is 4.39 Å². The topological polar surface area (TPSA) is 0 Å². The predicted octanol–water partition coefficient (Wildman–Crippen LogP) is 8.61. The Kier molecular flexibility index (Phi) is 7.73. The van der Waals surface area contributed by atoms with Crippen molar-refractivity contribution in [2.24, 2.45) is 5.92 Å². The zero-order valence-corrected chi connectivity index (χ0v) is 19.1. The third kappa shape index (κ3) is 5.85. The molecule has 32 heavy (non-hydrogen) atoms. The van der Waals surface area contributed by atoms with Crippen LogP contribution in [0.2, 0.25) is 0 Å². The summed E-state index contributed by atoms with van der Waals surface area (Å²) in [5.74, 6) is 1.04. The molecule has 4 rings (SSSR count). The number of rotatable bonds is 8. The van der Waals surface area contributed by atoms with Crippen LogP contribution in [0.25, 0.3) is 11.1 Å². The molecule has 2 heteroatoms. The van der Waals surface area contributed by atoms with E-state index < -0.39 is 0 Å². The molecule has 0 amide bonds. The largest absolute Gasteiger partial charge is 0.251 e. The van der Waals surface area contributed by atoms with Crippen LogP contribution in [-0.2, 0) is 12.8 Å². The first-order valence-corrected chi connectivity index (χ1v) is 12.1. The quantitative estimate of drug-likeness (QED) is 0.334. The van der Waals surface area contributed by atoms with Gasteiger partial charge in [-0.2, -0.15) is 0 Å². The van der Waals surface area contributed by atoms with E-state index >= 15 is 0 Å².